The topological polar surface area (TPSA) is 67.2 Å². The molecule has 0 aliphatic carbocycles. The molecule has 0 aromatic heterocycles. The van der Waals surface area contributed by atoms with Gasteiger partial charge in [-0.15, -0.1) is 0 Å². The highest BCUT2D eigenvalue weighted by Crippen LogP contribution is 2.28. The van der Waals surface area contributed by atoms with Gasteiger partial charge < -0.3 is 10.6 Å². The van der Waals surface area contributed by atoms with Crippen LogP contribution in [0.2, 0.25) is 0 Å². The number of anilines is 3. The SMILES string of the molecule is CNc1cc(Nc2cc(C)ccc2C)cc([N+](=O)[O-])c1. The van der Waals surface area contributed by atoms with Crippen molar-refractivity contribution in [1.29, 1.82) is 0 Å². The minimum Gasteiger partial charge on any atom is -0.388 e. The van der Waals surface area contributed by atoms with Gasteiger partial charge in [0.05, 0.1) is 4.92 Å². The third-order valence-corrected chi connectivity index (χ3v) is 3.09. The Balaban J connectivity index is 2.39. The number of hydrogen-bond donors (Lipinski definition) is 2. The first-order valence-electron chi connectivity index (χ1n) is 6.31. The van der Waals surface area contributed by atoms with E-state index in [-0.39, 0.29) is 5.69 Å². The van der Waals surface area contributed by atoms with E-state index in [2.05, 4.69) is 10.6 Å². The Bertz CT molecular complexity index is 654. The lowest BCUT2D eigenvalue weighted by atomic mass is 10.1. The highest BCUT2D eigenvalue weighted by atomic mass is 16.6. The smallest absolute Gasteiger partial charge is 0.273 e. The summed E-state index contributed by atoms with van der Waals surface area (Å²) in [6.07, 6.45) is 0. The van der Waals surface area contributed by atoms with Crippen molar-refractivity contribution >= 4 is 22.7 Å². The normalized spacial score (nSPS) is 10.2. The number of aryl methyl sites for hydroxylation is 2. The molecular weight excluding hydrogens is 254 g/mol. The fraction of sp³-hybridized carbons (Fsp3) is 0.200. The largest absolute Gasteiger partial charge is 0.388 e. The summed E-state index contributed by atoms with van der Waals surface area (Å²) in [6, 6.07) is 11.0. The Kier molecular flexibility index (Phi) is 3.89. The third-order valence-electron chi connectivity index (χ3n) is 3.09. The van der Waals surface area contributed by atoms with Crippen LogP contribution in [0, 0.1) is 24.0 Å². The molecule has 0 unspecified atom stereocenters. The number of nitro benzene ring substituents is 1. The third kappa shape index (κ3) is 3.06. The van der Waals surface area contributed by atoms with E-state index in [1.54, 1.807) is 7.05 Å². The van der Waals surface area contributed by atoms with Gasteiger partial charge in [0.1, 0.15) is 0 Å². The molecular formula is C15H17N3O2. The molecule has 104 valence electrons. The van der Waals surface area contributed by atoms with Crippen molar-refractivity contribution in [3.8, 4) is 0 Å². The van der Waals surface area contributed by atoms with Gasteiger partial charge in [0, 0.05) is 36.2 Å². The fourth-order valence-corrected chi connectivity index (χ4v) is 1.96. The molecule has 0 amide bonds. The molecule has 0 radical (unpaired) electrons. The lowest BCUT2D eigenvalue weighted by molar-refractivity contribution is -0.384. The summed E-state index contributed by atoms with van der Waals surface area (Å²) in [4.78, 5) is 10.6. The summed E-state index contributed by atoms with van der Waals surface area (Å²) in [5, 5.41) is 17.1. The number of benzene rings is 2. The monoisotopic (exact) mass is 271 g/mol. The average molecular weight is 271 g/mol. The Morgan fingerprint density at radius 3 is 2.40 bits per heavy atom. The number of rotatable bonds is 4. The van der Waals surface area contributed by atoms with Crippen molar-refractivity contribution in [2.75, 3.05) is 17.7 Å². The van der Waals surface area contributed by atoms with Crippen LogP contribution in [0.3, 0.4) is 0 Å². The predicted octanol–water partition coefficient (Wildman–Crippen LogP) is 4.00. The molecule has 20 heavy (non-hydrogen) atoms. The van der Waals surface area contributed by atoms with Gasteiger partial charge >= 0.3 is 0 Å². The van der Waals surface area contributed by atoms with E-state index in [1.807, 2.05) is 38.1 Å². The number of non-ortho nitro benzene ring substituents is 1. The second-order valence-electron chi connectivity index (χ2n) is 4.72. The number of nitro groups is 1. The summed E-state index contributed by atoms with van der Waals surface area (Å²) in [7, 11) is 1.74. The van der Waals surface area contributed by atoms with Gasteiger partial charge in [-0.1, -0.05) is 12.1 Å². The number of hydrogen-bond acceptors (Lipinski definition) is 4. The molecule has 2 N–H and O–H groups in total. The van der Waals surface area contributed by atoms with Crippen LogP contribution in [-0.4, -0.2) is 12.0 Å². The molecule has 0 bridgehead atoms. The molecule has 0 spiro atoms. The van der Waals surface area contributed by atoms with Gasteiger partial charge in [-0.2, -0.15) is 0 Å². The maximum atomic E-state index is 10.9. The maximum absolute atomic E-state index is 10.9. The van der Waals surface area contributed by atoms with E-state index in [1.165, 1.54) is 12.1 Å². The van der Waals surface area contributed by atoms with Crippen molar-refractivity contribution in [2.24, 2.45) is 0 Å². The van der Waals surface area contributed by atoms with Crippen LogP contribution in [0.5, 0.6) is 0 Å². The molecule has 0 saturated heterocycles. The molecule has 0 fully saturated rings. The first-order valence-corrected chi connectivity index (χ1v) is 6.31. The van der Waals surface area contributed by atoms with Crippen molar-refractivity contribution in [2.45, 2.75) is 13.8 Å². The van der Waals surface area contributed by atoms with Gasteiger partial charge in [0.2, 0.25) is 0 Å². The molecule has 0 saturated carbocycles. The van der Waals surface area contributed by atoms with E-state index in [0.717, 1.165) is 16.8 Å². The average Bonchev–Trinajstić information content (AvgIpc) is 2.42. The highest BCUT2D eigenvalue weighted by molar-refractivity contribution is 5.70. The summed E-state index contributed by atoms with van der Waals surface area (Å²) >= 11 is 0. The zero-order valence-corrected chi connectivity index (χ0v) is 11.7. The lowest BCUT2D eigenvalue weighted by Gasteiger charge is -2.12. The Labute approximate surface area is 117 Å². The van der Waals surface area contributed by atoms with Crippen LogP contribution in [-0.2, 0) is 0 Å². The van der Waals surface area contributed by atoms with Crippen LogP contribution in [0.25, 0.3) is 0 Å². The van der Waals surface area contributed by atoms with Crippen molar-refractivity contribution < 1.29 is 4.92 Å². The van der Waals surface area contributed by atoms with E-state index >= 15 is 0 Å². The van der Waals surface area contributed by atoms with Gasteiger partial charge in [-0.25, -0.2) is 0 Å². The molecule has 2 aromatic carbocycles. The number of nitrogens with zero attached hydrogens (tertiary/aromatic N) is 1. The minimum absolute atomic E-state index is 0.0599. The minimum atomic E-state index is -0.394. The highest BCUT2D eigenvalue weighted by Gasteiger charge is 2.10. The number of nitrogens with one attached hydrogen (secondary N) is 2. The van der Waals surface area contributed by atoms with Gasteiger partial charge in [-0.3, -0.25) is 10.1 Å². The van der Waals surface area contributed by atoms with Crippen LogP contribution in [0.15, 0.2) is 36.4 Å². The van der Waals surface area contributed by atoms with Gasteiger partial charge in [0.15, 0.2) is 0 Å². The predicted molar refractivity (Wildman–Crippen MR) is 81.8 cm³/mol. The quantitative estimate of drug-likeness (QED) is 0.651. The molecule has 0 heterocycles. The first-order chi connectivity index (χ1) is 9.49. The maximum Gasteiger partial charge on any atom is 0.273 e. The molecule has 0 aliphatic rings. The second kappa shape index (κ2) is 5.61. The Morgan fingerprint density at radius 2 is 1.75 bits per heavy atom. The molecule has 2 aromatic rings. The molecule has 2 rings (SSSR count). The van der Waals surface area contributed by atoms with Crippen molar-refractivity contribution in [1.82, 2.24) is 0 Å². The zero-order chi connectivity index (χ0) is 14.7. The standard InChI is InChI=1S/C15H17N3O2/c1-10-4-5-11(2)15(6-10)17-13-7-12(16-3)8-14(9-13)18(19)20/h4-9,16-17H,1-3H3. The zero-order valence-electron chi connectivity index (χ0n) is 11.7. The Hall–Kier alpha value is -2.56. The van der Waals surface area contributed by atoms with E-state index in [9.17, 15) is 10.1 Å². The van der Waals surface area contributed by atoms with Crippen LogP contribution < -0.4 is 10.6 Å². The summed E-state index contributed by atoms with van der Waals surface area (Å²) in [5.41, 5.74) is 4.63. The Morgan fingerprint density at radius 1 is 1.05 bits per heavy atom. The summed E-state index contributed by atoms with van der Waals surface area (Å²) < 4.78 is 0. The molecule has 0 atom stereocenters. The summed E-state index contributed by atoms with van der Waals surface area (Å²) in [5.74, 6) is 0. The van der Waals surface area contributed by atoms with Crippen molar-refractivity contribution in [3.63, 3.8) is 0 Å². The first kappa shape index (κ1) is 13.9. The molecule has 0 aliphatic heterocycles. The lowest BCUT2D eigenvalue weighted by Crippen LogP contribution is -1.98. The van der Waals surface area contributed by atoms with Gasteiger partial charge in [-0.05, 0) is 37.1 Å². The van der Waals surface area contributed by atoms with Gasteiger partial charge in [0.25, 0.3) is 5.69 Å². The fourth-order valence-electron chi connectivity index (χ4n) is 1.96. The second-order valence-corrected chi connectivity index (χ2v) is 4.72. The molecule has 5 nitrogen and oxygen atoms in total. The van der Waals surface area contributed by atoms with E-state index in [4.69, 9.17) is 0 Å². The molecule has 5 heteroatoms. The van der Waals surface area contributed by atoms with E-state index in [0.29, 0.717) is 11.4 Å². The van der Waals surface area contributed by atoms with Crippen LogP contribution >= 0.6 is 0 Å². The van der Waals surface area contributed by atoms with Crippen LogP contribution in [0.1, 0.15) is 11.1 Å². The van der Waals surface area contributed by atoms with E-state index < -0.39 is 4.92 Å². The van der Waals surface area contributed by atoms with Crippen LogP contribution in [0.4, 0.5) is 22.7 Å². The van der Waals surface area contributed by atoms with Crippen molar-refractivity contribution in [3.05, 3.63) is 57.6 Å². The summed E-state index contributed by atoms with van der Waals surface area (Å²) in [6.45, 7) is 4.01.